The van der Waals surface area contributed by atoms with Gasteiger partial charge in [0.15, 0.2) is 5.69 Å². The summed E-state index contributed by atoms with van der Waals surface area (Å²) in [6.07, 6.45) is 2.02. The standard InChI is InChI=1S/C18H25N5O2.ClH/c1-13-5-3-4-6-16(13)25-12-11-20-18(24)17-14(2)23(22-21-17)15-7-9-19-10-8-15;/h3-6,15,19H,7-12H2,1-2H3,(H,20,24);1H. The maximum atomic E-state index is 12.3. The van der Waals surface area contributed by atoms with Gasteiger partial charge in [-0.2, -0.15) is 0 Å². The molecule has 0 bridgehead atoms. The molecule has 0 atom stereocenters. The number of halogens is 1. The molecule has 0 radical (unpaired) electrons. The number of aromatic nitrogens is 3. The van der Waals surface area contributed by atoms with Gasteiger partial charge in [-0.05, 0) is 51.4 Å². The Morgan fingerprint density at radius 2 is 2.04 bits per heavy atom. The van der Waals surface area contributed by atoms with Crippen molar-refractivity contribution in [2.45, 2.75) is 32.7 Å². The highest BCUT2D eigenvalue weighted by Crippen LogP contribution is 2.20. The van der Waals surface area contributed by atoms with Crippen LogP contribution in [0.4, 0.5) is 0 Å². The minimum absolute atomic E-state index is 0. The van der Waals surface area contributed by atoms with Gasteiger partial charge in [-0.3, -0.25) is 4.79 Å². The zero-order valence-electron chi connectivity index (χ0n) is 15.2. The second-order valence-electron chi connectivity index (χ2n) is 6.32. The molecule has 2 aromatic rings. The van der Waals surface area contributed by atoms with E-state index in [1.165, 1.54) is 0 Å². The number of rotatable bonds is 6. The average Bonchev–Trinajstić information content (AvgIpc) is 3.02. The van der Waals surface area contributed by atoms with Crippen LogP contribution in [0.1, 0.15) is 40.6 Å². The summed E-state index contributed by atoms with van der Waals surface area (Å²) in [6, 6.07) is 8.14. The summed E-state index contributed by atoms with van der Waals surface area (Å²) in [5, 5.41) is 14.5. The van der Waals surface area contributed by atoms with Crippen molar-refractivity contribution in [3.05, 3.63) is 41.2 Å². The summed E-state index contributed by atoms with van der Waals surface area (Å²) in [5.74, 6) is 0.635. The molecule has 0 saturated carbocycles. The molecule has 7 nitrogen and oxygen atoms in total. The maximum Gasteiger partial charge on any atom is 0.273 e. The van der Waals surface area contributed by atoms with Crippen molar-refractivity contribution in [3.8, 4) is 5.75 Å². The Balaban J connectivity index is 0.00000243. The Morgan fingerprint density at radius 1 is 1.31 bits per heavy atom. The van der Waals surface area contributed by atoms with E-state index in [0.717, 1.165) is 42.9 Å². The fraction of sp³-hybridized carbons (Fsp3) is 0.500. The summed E-state index contributed by atoms with van der Waals surface area (Å²) in [6.45, 7) is 6.69. The van der Waals surface area contributed by atoms with Crippen molar-refractivity contribution in [3.63, 3.8) is 0 Å². The van der Waals surface area contributed by atoms with E-state index in [1.807, 2.05) is 42.8 Å². The third-order valence-corrected chi connectivity index (χ3v) is 4.54. The smallest absolute Gasteiger partial charge is 0.273 e. The third kappa shape index (κ3) is 4.74. The third-order valence-electron chi connectivity index (χ3n) is 4.54. The second-order valence-corrected chi connectivity index (χ2v) is 6.32. The predicted octanol–water partition coefficient (Wildman–Crippen LogP) is 2.05. The van der Waals surface area contributed by atoms with Crippen LogP contribution in [-0.4, -0.2) is 47.1 Å². The summed E-state index contributed by atoms with van der Waals surface area (Å²) in [5.41, 5.74) is 2.30. The predicted molar refractivity (Wildman–Crippen MR) is 102 cm³/mol. The highest BCUT2D eigenvalue weighted by molar-refractivity contribution is 5.93. The Bertz CT molecular complexity index is 728. The lowest BCUT2D eigenvalue weighted by Crippen LogP contribution is -2.31. The van der Waals surface area contributed by atoms with Crippen LogP contribution >= 0.6 is 12.4 Å². The number of carbonyl (C=O) groups excluding carboxylic acids is 1. The Morgan fingerprint density at radius 3 is 2.77 bits per heavy atom. The monoisotopic (exact) mass is 379 g/mol. The van der Waals surface area contributed by atoms with Gasteiger partial charge < -0.3 is 15.4 Å². The summed E-state index contributed by atoms with van der Waals surface area (Å²) in [7, 11) is 0. The van der Waals surface area contributed by atoms with Gasteiger partial charge in [0, 0.05) is 0 Å². The van der Waals surface area contributed by atoms with Gasteiger partial charge in [-0.15, -0.1) is 17.5 Å². The van der Waals surface area contributed by atoms with Gasteiger partial charge in [0.1, 0.15) is 12.4 Å². The number of benzene rings is 1. The largest absolute Gasteiger partial charge is 0.491 e. The number of hydrogen-bond acceptors (Lipinski definition) is 5. The Labute approximate surface area is 159 Å². The van der Waals surface area contributed by atoms with Crippen LogP contribution in [0.3, 0.4) is 0 Å². The van der Waals surface area contributed by atoms with Gasteiger partial charge >= 0.3 is 0 Å². The topological polar surface area (TPSA) is 81.1 Å². The molecule has 3 rings (SSSR count). The first-order valence-corrected chi connectivity index (χ1v) is 8.76. The quantitative estimate of drug-likeness (QED) is 0.751. The summed E-state index contributed by atoms with van der Waals surface area (Å²) >= 11 is 0. The maximum absolute atomic E-state index is 12.3. The van der Waals surface area contributed by atoms with Crippen LogP contribution in [0.25, 0.3) is 0 Å². The van der Waals surface area contributed by atoms with E-state index in [1.54, 1.807) is 0 Å². The average molecular weight is 380 g/mol. The number of nitrogens with zero attached hydrogens (tertiary/aromatic N) is 3. The Hall–Kier alpha value is -2.12. The molecule has 0 spiro atoms. The number of ether oxygens (including phenoxy) is 1. The highest BCUT2D eigenvalue weighted by atomic mass is 35.5. The van der Waals surface area contributed by atoms with Gasteiger partial charge in [0.25, 0.3) is 5.91 Å². The number of para-hydroxylation sites is 1. The van der Waals surface area contributed by atoms with Crippen LogP contribution in [0.2, 0.25) is 0 Å². The number of hydrogen-bond donors (Lipinski definition) is 2. The highest BCUT2D eigenvalue weighted by Gasteiger charge is 2.22. The van der Waals surface area contributed by atoms with E-state index in [-0.39, 0.29) is 18.3 Å². The van der Waals surface area contributed by atoms with E-state index in [9.17, 15) is 4.79 Å². The van der Waals surface area contributed by atoms with E-state index in [0.29, 0.717) is 24.9 Å². The molecule has 1 aliphatic heterocycles. The molecule has 1 aromatic heterocycles. The second kappa shape index (κ2) is 9.54. The lowest BCUT2D eigenvalue weighted by Gasteiger charge is -2.23. The molecule has 1 saturated heterocycles. The number of carbonyl (C=O) groups is 1. The fourth-order valence-corrected chi connectivity index (χ4v) is 3.08. The van der Waals surface area contributed by atoms with Crippen molar-refractivity contribution in [1.29, 1.82) is 0 Å². The first-order valence-electron chi connectivity index (χ1n) is 8.76. The lowest BCUT2D eigenvalue weighted by atomic mass is 10.1. The first-order chi connectivity index (χ1) is 12.2. The summed E-state index contributed by atoms with van der Waals surface area (Å²) < 4.78 is 7.58. The molecule has 2 heterocycles. The Kier molecular flexibility index (Phi) is 7.41. The van der Waals surface area contributed by atoms with Crippen molar-refractivity contribution in [2.24, 2.45) is 0 Å². The molecule has 26 heavy (non-hydrogen) atoms. The van der Waals surface area contributed by atoms with E-state index in [2.05, 4.69) is 20.9 Å². The van der Waals surface area contributed by atoms with E-state index < -0.39 is 0 Å². The first kappa shape index (κ1) is 20.2. The zero-order valence-corrected chi connectivity index (χ0v) is 16.0. The molecule has 142 valence electrons. The lowest BCUT2D eigenvalue weighted by molar-refractivity contribution is 0.0941. The van der Waals surface area contributed by atoms with Crippen LogP contribution in [0.15, 0.2) is 24.3 Å². The van der Waals surface area contributed by atoms with Crippen LogP contribution in [0, 0.1) is 13.8 Å². The minimum Gasteiger partial charge on any atom is -0.491 e. The molecular weight excluding hydrogens is 354 g/mol. The SMILES string of the molecule is Cc1ccccc1OCCNC(=O)c1nnn(C2CCNCC2)c1C.Cl. The van der Waals surface area contributed by atoms with Gasteiger partial charge in [0.05, 0.1) is 18.3 Å². The van der Waals surface area contributed by atoms with Gasteiger partial charge in [-0.1, -0.05) is 23.4 Å². The number of nitrogens with one attached hydrogen (secondary N) is 2. The van der Waals surface area contributed by atoms with Gasteiger partial charge in [-0.25, -0.2) is 4.68 Å². The molecule has 1 aromatic carbocycles. The van der Waals surface area contributed by atoms with Crippen molar-refractivity contribution >= 4 is 18.3 Å². The van der Waals surface area contributed by atoms with Crippen LogP contribution in [0.5, 0.6) is 5.75 Å². The normalized spacial score (nSPS) is 14.5. The van der Waals surface area contributed by atoms with Crippen LogP contribution in [-0.2, 0) is 0 Å². The molecule has 1 fully saturated rings. The number of amides is 1. The zero-order chi connectivity index (χ0) is 17.6. The number of piperidine rings is 1. The summed E-state index contributed by atoms with van der Waals surface area (Å²) in [4.78, 5) is 12.3. The van der Waals surface area contributed by atoms with Gasteiger partial charge in [0.2, 0.25) is 0 Å². The van der Waals surface area contributed by atoms with Crippen LogP contribution < -0.4 is 15.4 Å². The molecule has 2 N–H and O–H groups in total. The molecule has 1 amide bonds. The molecule has 0 aliphatic carbocycles. The fourth-order valence-electron chi connectivity index (χ4n) is 3.08. The molecule has 0 unspecified atom stereocenters. The molecule has 8 heteroatoms. The van der Waals surface area contributed by atoms with E-state index in [4.69, 9.17) is 4.74 Å². The number of aryl methyl sites for hydroxylation is 1. The molecule has 1 aliphatic rings. The van der Waals surface area contributed by atoms with Crippen molar-refractivity contribution in [1.82, 2.24) is 25.6 Å². The van der Waals surface area contributed by atoms with Crippen molar-refractivity contribution in [2.75, 3.05) is 26.2 Å². The minimum atomic E-state index is -0.203. The van der Waals surface area contributed by atoms with E-state index >= 15 is 0 Å². The van der Waals surface area contributed by atoms with Crippen molar-refractivity contribution < 1.29 is 9.53 Å². The molecular formula is C18H26ClN5O2.